The SMILES string of the molecule is O=S(=O)(Nc1cc(Cl)cc(Cl)c1)c1cc(Cl)c(Cl)cc1Cl. The van der Waals surface area contributed by atoms with E-state index < -0.39 is 10.0 Å². The molecule has 0 atom stereocenters. The molecule has 21 heavy (non-hydrogen) atoms. The zero-order valence-corrected chi connectivity index (χ0v) is 14.6. The highest BCUT2D eigenvalue weighted by atomic mass is 35.5. The summed E-state index contributed by atoms with van der Waals surface area (Å²) in [6.45, 7) is 0. The Labute approximate surface area is 146 Å². The summed E-state index contributed by atoms with van der Waals surface area (Å²) >= 11 is 29.1. The molecule has 0 saturated heterocycles. The molecule has 2 aromatic rings. The van der Waals surface area contributed by atoms with Gasteiger partial charge in [-0.2, -0.15) is 0 Å². The van der Waals surface area contributed by atoms with Crippen molar-refractivity contribution >= 4 is 73.7 Å². The predicted molar refractivity (Wildman–Crippen MR) is 88.7 cm³/mol. The fourth-order valence-corrected chi connectivity index (χ4v) is 4.10. The van der Waals surface area contributed by atoms with Crippen LogP contribution in [0.25, 0.3) is 0 Å². The maximum Gasteiger partial charge on any atom is 0.263 e. The Balaban J connectivity index is 2.45. The summed E-state index contributed by atoms with van der Waals surface area (Å²) in [5, 5.41) is 0.767. The largest absolute Gasteiger partial charge is 0.279 e. The number of rotatable bonds is 3. The zero-order chi connectivity index (χ0) is 15.8. The first-order valence-electron chi connectivity index (χ1n) is 5.32. The summed E-state index contributed by atoms with van der Waals surface area (Å²) in [4.78, 5) is -0.199. The third-order valence-corrected chi connectivity index (χ3v) is 5.38. The highest BCUT2D eigenvalue weighted by Crippen LogP contribution is 2.33. The van der Waals surface area contributed by atoms with Crippen LogP contribution in [0.5, 0.6) is 0 Å². The van der Waals surface area contributed by atoms with E-state index in [2.05, 4.69) is 4.72 Å². The molecule has 1 N–H and O–H groups in total. The maximum absolute atomic E-state index is 12.3. The number of benzene rings is 2. The molecule has 0 heterocycles. The molecule has 0 fully saturated rings. The minimum Gasteiger partial charge on any atom is -0.279 e. The molecule has 0 spiro atoms. The van der Waals surface area contributed by atoms with Crippen LogP contribution in [0.4, 0.5) is 5.69 Å². The number of nitrogens with one attached hydrogen (secondary N) is 1. The van der Waals surface area contributed by atoms with Crippen LogP contribution in [-0.4, -0.2) is 8.42 Å². The summed E-state index contributed by atoms with van der Waals surface area (Å²) in [5.74, 6) is 0. The lowest BCUT2D eigenvalue weighted by molar-refractivity contribution is 0.601. The Hall–Kier alpha value is -0.360. The van der Waals surface area contributed by atoms with E-state index in [1.165, 1.54) is 30.3 Å². The predicted octanol–water partition coefficient (Wildman–Crippen LogP) is 5.75. The average Bonchev–Trinajstić information content (AvgIpc) is 2.31. The molecule has 0 amide bonds. The standard InChI is InChI=1S/C12H6Cl5NO2S/c13-6-1-7(14)3-8(2-6)18-21(19,20)12-5-10(16)9(15)4-11(12)17/h1-5,18H. The lowest BCUT2D eigenvalue weighted by atomic mass is 10.3. The molecular formula is C12H6Cl5NO2S. The van der Waals surface area contributed by atoms with Crippen LogP contribution in [0.15, 0.2) is 35.2 Å². The van der Waals surface area contributed by atoms with Crippen LogP contribution in [0.2, 0.25) is 25.1 Å². The van der Waals surface area contributed by atoms with Crippen molar-refractivity contribution in [3.8, 4) is 0 Å². The fourth-order valence-electron chi connectivity index (χ4n) is 1.53. The van der Waals surface area contributed by atoms with Crippen molar-refractivity contribution < 1.29 is 8.42 Å². The van der Waals surface area contributed by atoms with Gasteiger partial charge in [0, 0.05) is 10.0 Å². The van der Waals surface area contributed by atoms with Gasteiger partial charge in [-0.05, 0) is 30.3 Å². The first-order valence-corrected chi connectivity index (χ1v) is 8.70. The van der Waals surface area contributed by atoms with E-state index in [-0.39, 0.29) is 25.7 Å². The molecule has 0 aliphatic carbocycles. The molecule has 2 aromatic carbocycles. The third kappa shape index (κ3) is 4.09. The summed E-state index contributed by atoms with van der Waals surface area (Å²) in [7, 11) is -3.96. The van der Waals surface area contributed by atoms with Gasteiger partial charge in [0.2, 0.25) is 0 Å². The van der Waals surface area contributed by atoms with Crippen molar-refractivity contribution in [2.24, 2.45) is 0 Å². The summed E-state index contributed by atoms with van der Waals surface area (Å²) in [6, 6.07) is 6.73. The van der Waals surface area contributed by atoms with Gasteiger partial charge in [-0.15, -0.1) is 0 Å². The first kappa shape index (κ1) is 17.0. The lowest BCUT2D eigenvalue weighted by Crippen LogP contribution is -2.13. The molecule has 0 aromatic heterocycles. The molecule has 0 radical (unpaired) electrons. The van der Waals surface area contributed by atoms with E-state index in [4.69, 9.17) is 58.0 Å². The second-order valence-corrected chi connectivity index (χ2v) is 7.71. The Morgan fingerprint density at radius 2 is 1.24 bits per heavy atom. The van der Waals surface area contributed by atoms with E-state index >= 15 is 0 Å². The van der Waals surface area contributed by atoms with Crippen LogP contribution in [0, 0.1) is 0 Å². The molecule has 0 bridgehead atoms. The van der Waals surface area contributed by atoms with E-state index in [1.807, 2.05) is 0 Å². The average molecular weight is 406 g/mol. The quantitative estimate of drug-likeness (QED) is 0.661. The van der Waals surface area contributed by atoms with E-state index in [0.717, 1.165) is 0 Å². The lowest BCUT2D eigenvalue weighted by Gasteiger charge is -2.11. The summed E-state index contributed by atoms with van der Waals surface area (Å²) < 4.78 is 27.0. The summed E-state index contributed by atoms with van der Waals surface area (Å²) in [5.41, 5.74) is 0.203. The Morgan fingerprint density at radius 1 is 0.714 bits per heavy atom. The number of hydrogen-bond acceptors (Lipinski definition) is 2. The smallest absolute Gasteiger partial charge is 0.263 e. The van der Waals surface area contributed by atoms with Crippen molar-refractivity contribution in [3.05, 3.63) is 55.4 Å². The van der Waals surface area contributed by atoms with Gasteiger partial charge in [0.15, 0.2) is 0 Å². The second-order valence-electron chi connectivity index (χ2n) is 3.96. The fraction of sp³-hybridized carbons (Fsp3) is 0. The van der Waals surface area contributed by atoms with Crippen LogP contribution in [-0.2, 0) is 10.0 Å². The molecule has 0 saturated carbocycles. The Kier molecular flexibility index (Phi) is 5.19. The molecule has 9 heteroatoms. The van der Waals surface area contributed by atoms with Gasteiger partial charge in [-0.25, -0.2) is 8.42 Å². The molecule has 0 aliphatic rings. The molecule has 0 unspecified atom stereocenters. The number of hydrogen-bond donors (Lipinski definition) is 1. The number of halogens is 5. The van der Waals surface area contributed by atoms with Gasteiger partial charge in [0.05, 0.1) is 20.8 Å². The monoisotopic (exact) mass is 403 g/mol. The van der Waals surface area contributed by atoms with Gasteiger partial charge < -0.3 is 0 Å². The molecule has 112 valence electrons. The number of sulfonamides is 1. The molecule has 3 nitrogen and oxygen atoms in total. The van der Waals surface area contributed by atoms with E-state index in [9.17, 15) is 8.42 Å². The van der Waals surface area contributed by atoms with Gasteiger partial charge in [-0.3, -0.25) is 4.72 Å². The highest BCUT2D eigenvalue weighted by Gasteiger charge is 2.20. The van der Waals surface area contributed by atoms with E-state index in [0.29, 0.717) is 10.0 Å². The Morgan fingerprint density at radius 3 is 1.81 bits per heavy atom. The topological polar surface area (TPSA) is 46.2 Å². The van der Waals surface area contributed by atoms with Crippen LogP contribution in [0.3, 0.4) is 0 Å². The Bertz CT molecular complexity index is 787. The van der Waals surface area contributed by atoms with Crippen molar-refractivity contribution in [3.63, 3.8) is 0 Å². The second kappa shape index (κ2) is 6.41. The van der Waals surface area contributed by atoms with Gasteiger partial charge in [0.1, 0.15) is 4.90 Å². The van der Waals surface area contributed by atoms with Gasteiger partial charge in [-0.1, -0.05) is 58.0 Å². The minimum absolute atomic E-state index is 0.0509. The van der Waals surface area contributed by atoms with Crippen LogP contribution >= 0.6 is 58.0 Å². The van der Waals surface area contributed by atoms with Gasteiger partial charge >= 0.3 is 0 Å². The first-order chi connectivity index (χ1) is 9.69. The molecular weight excluding hydrogens is 399 g/mol. The third-order valence-electron chi connectivity index (χ3n) is 2.38. The van der Waals surface area contributed by atoms with Gasteiger partial charge in [0.25, 0.3) is 10.0 Å². The summed E-state index contributed by atoms with van der Waals surface area (Å²) in [6.07, 6.45) is 0. The zero-order valence-electron chi connectivity index (χ0n) is 10.0. The van der Waals surface area contributed by atoms with Crippen molar-refractivity contribution in [1.29, 1.82) is 0 Å². The highest BCUT2D eigenvalue weighted by molar-refractivity contribution is 7.92. The number of anilines is 1. The van der Waals surface area contributed by atoms with Crippen molar-refractivity contribution in [2.75, 3.05) is 4.72 Å². The molecule has 0 aliphatic heterocycles. The molecule has 2 rings (SSSR count). The van der Waals surface area contributed by atoms with E-state index in [1.54, 1.807) is 0 Å². The van der Waals surface area contributed by atoms with Crippen molar-refractivity contribution in [2.45, 2.75) is 4.90 Å². The van der Waals surface area contributed by atoms with Crippen molar-refractivity contribution in [1.82, 2.24) is 0 Å². The van der Waals surface area contributed by atoms with Crippen LogP contribution in [0.1, 0.15) is 0 Å². The van der Waals surface area contributed by atoms with Crippen LogP contribution < -0.4 is 4.72 Å². The minimum atomic E-state index is -3.96. The normalized spacial score (nSPS) is 11.5. The maximum atomic E-state index is 12.3.